The Kier molecular flexibility index (Phi) is 31.0. The zero-order chi connectivity index (χ0) is 25.5. The van der Waals surface area contributed by atoms with Crippen LogP contribution in [0.15, 0.2) is 0 Å². The van der Waals surface area contributed by atoms with Crippen molar-refractivity contribution in [3.05, 3.63) is 0 Å². The Balaban J connectivity index is 3.14. The van der Waals surface area contributed by atoms with E-state index in [2.05, 4.69) is 13.8 Å². The summed E-state index contributed by atoms with van der Waals surface area (Å²) < 4.78 is 5.42. The molecule has 0 saturated carbocycles. The van der Waals surface area contributed by atoms with Crippen LogP contribution in [0.3, 0.4) is 0 Å². The second-order valence-corrected chi connectivity index (χ2v) is 11.2. The fourth-order valence-corrected chi connectivity index (χ4v) is 5.02. The van der Waals surface area contributed by atoms with Crippen molar-refractivity contribution < 1.29 is 9.53 Å². The van der Waals surface area contributed by atoms with E-state index in [1.165, 1.54) is 167 Å². The first kappa shape index (κ1) is 34.5. The molecule has 0 aromatic carbocycles. The lowest BCUT2D eigenvalue weighted by Crippen LogP contribution is -2.05. The van der Waals surface area contributed by atoms with Gasteiger partial charge in [0.1, 0.15) is 0 Å². The van der Waals surface area contributed by atoms with Crippen molar-refractivity contribution >= 4 is 5.97 Å². The van der Waals surface area contributed by atoms with Gasteiger partial charge in [0.25, 0.3) is 0 Å². The maximum atomic E-state index is 11.9. The number of hydrogen-bond acceptors (Lipinski definition) is 2. The summed E-state index contributed by atoms with van der Waals surface area (Å²) in [6, 6.07) is 0. The van der Waals surface area contributed by atoms with Gasteiger partial charge < -0.3 is 4.74 Å². The van der Waals surface area contributed by atoms with E-state index in [1.54, 1.807) is 0 Å². The first-order valence-corrected chi connectivity index (χ1v) is 16.5. The Bertz CT molecular complexity index is 393. The van der Waals surface area contributed by atoms with Crippen molar-refractivity contribution in [3.8, 4) is 0 Å². The third-order valence-electron chi connectivity index (χ3n) is 7.50. The van der Waals surface area contributed by atoms with Gasteiger partial charge in [0, 0.05) is 6.42 Å². The van der Waals surface area contributed by atoms with Crippen molar-refractivity contribution in [2.75, 3.05) is 6.61 Å². The highest BCUT2D eigenvalue weighted by molar-refractivity contribution is 5.69. The summed E-state index contributed by atoms with van der Waals surface area (Å²) in [6.07, 6.45) is 38.6. The molecule has 0 radical (unpaired) electrons. The van der Waals surface area contributed by atoms with Crippen molar-refractivity contribution in [2.45, 2.75) is 200 Å². The Morgan fingerprint density at radius 1 is 0.371 bits per heavy atom. The lowest BCUT2D eigenvalue weighted by molar-refractivity contribution is -0.143. The summed E-state index contributed by atoms with van der Waals surface area (Å²) >= 11 is 0. The fraction of sp³-hybridized carbons (Fsp3) is 0.970. The fourth-order valence-electron chi connectivity index (χ4n) is 5.02. The lowest BCUT2D eigenvalue weighted by Gasteiger charge is -2.06. The smallest absolute Gasteiger partial charge is 0.305 e. The van der Waals surface area contributed by atoms with E-state index in [4.69, 9.17) is 4.74 Å². The van der Waals surface area contributed by atoms with Gasteiger partial charge in [-0.25, -0.2) is 0 Å². The molecule has 0 N–H and O–H groups in total. The third-order valence-corrected chi connectivity index (χ3v) is 7.50. The molecule has 0 aromatic rings. The standard InChI is InChI=1S/C33H66O2/c1-3-5-7-9-11-13-15-17-18-19-20-21-23-25-27-29-31-33(34)35-32-30-28-26-24-22-16-14-12-10-8-6-4-2/h3-32H2,1-2H3. The van der Waals surface area contributed by atoms with Crippen LogP contribution in [0.5, 0.6) is 0 Å². The van der Waals surface area contributed by atoms with E-state index in [9.17, 15) is 4.79 Å². The summed E-state index contributed by atoms with van der Waals surface area (Å²) in [6.45, 7) is 5.20. The molecule has 0 spiro atoms. The predicted octanol–water partition coefficient (Wildman–Crippen LogP) is 11.9. The van der Waals surface area contributed by atoms with E-state index in [-0.39, 0.29) is 5.97 Å². The molecule has 0 saturated heterocycles. The molecule has 0 aliphatic heterocycles. The van der Waals surface area contributed by atoms with Gasteiger partial charge in [0.2, 0.25) is 0 Å². The van der Waals surface area contributed by atoms with Crippen LogP contribution in [-0.2, 0) is 9.53 Å². The van der Waals surface area contributed by atoms with Crippen molar-refractivity contribution in [2.24, 2.45) is 0 Å². The zero-order valence-electron chi connectivity index (χ0n) is 24.5. The molecule has 35 heavy (non-hydrogen) atoms. The summed E-state index contributed by atoms with van der Waals surface area (Å²) in [5, 5.41) is 0. The normalized spacial score (nSPS) is 11.3. The number of carbonyl (C=O) groups is 1. The summed E-state index contributed by atoms with van der Waals surface area (Å²) in [5.41, 5.74) is 0. The van der Waals surface area contributed by atoms with E-state index in [0.29, 0.717) is 13.0 Å². The largest absolute Gasteiger partial charge is 0.466 e. The quantitative estimate of drug-likeness (QED) is 0.0732. The SMILES string of the molecule is CCCCCCCCCCCCCCCCCCC(=O)OCCCCCCCCCCCCCC. The number of ether oxygens (including phenoxy) is 1. The van der Waals surface area contributed by atoms with Crippen LogP contribution in [0, 0.1) is 0 Å². The molecule has 0 atom stereocenters. The molecule has 0 aromatic heterocycles. The molecular weight excluding hydrogens is 428 g/mol. The number of hydrogen-bond donors (Lipinski definition) is 0. The molecule has 0 heterocycles. The first-order valence-electron chi connectivity index (χ1n) is 16.5. The molecule has 0 amide bonds. The van der Waals surface area contributed by atoms with Gasteiger partial charge in [-0.3, -0.25) is 4.79 Å². The number of unbranched alkanes of at least 4 members (excludes halogenated alkanes) is 26. The summed E-state index contributed by atoms with van der Waals surface area (Å²) in [5.74, 6) is 0.0263. The van der Waals surface area contributed by atoms with Gasteiger partial charge in [0.05, 0.1) is 6.61 Å². The van der Waals surface area contributed by atoms with Crippen molar-refractivity contribution in [1.29, 1.82) is 0 Å². The van der Waals surface area contributed by atoms with E-state index in [0.717, 1.165) is 12.8 Å². The molecule has 0 aliphatic carbocycles. The number of rotatable bonds is 30. The van der Waals surface area contributed by atoms with Crippen LogP contribution >= 0.6 is 0 Å². The van der Waals surface area contributed by atoms with E-state index < -0.39 is 0 Å². The highest BCUT2D eigenvalue weighted by atomic mass is 16.5. The van der Waals surface area contributed by atoms with Crippen molar-refractivity contribution in [3.63, 3.8) is 0 Å². The number of esters is 1. The highest BCUT2D eigenvalue weighted by Crippen LogP contribution is 2.15. The Morgan fingerprint density at radius 3 is 0.943 bits per heavy atom. The maximum absolute atomic E-state index is 11.9. The van der Waals surface area contributed by atoms with Gasteiger partial charge >= 0.3 is 5.97 Å². The predicted molar refractivity (Wildman–Crippen MR) is 156 cm³/mol. The molecular formula is C33H66O2. The molecule has 0 unspecified atom stereocenters. The minimum Gasteiger partial charge on any atom is -0.466 e. The average molecular weight is 495 g/mol. The van der Waals surface area contributed by atoms with E-state index >= 15 is 0 Å². The van der Waals surface area contributed by atoms with Crippen LogP contribution in [-0.4, -0.2) is 12.6 Å². The highest BCUT2D eigenvalue weighted by Gasteiger charge is 2.02. The maximum Gasteiger partial charge on any atom is 0.305 e. The minimum absolute atomic E-state index is 0.0263. The average Bonchev–Trinajstić information content (AvgIpc) is 2.86. The Morgan fingerprint density at radius 2 is 0.629 bits per heavy atom. The van der Waals surface area contributed by atoms with Gasteiger partial charge in [-0.2, -0.15) is 0 Å². The second kappa shape index (κ2) is 31.5. The van der Waals surface area contributed by atoms with Crippen molar-refractivity contribution in [1.82, 2.24) is 0 Å². The lowest BCUT2D eigenvalue weighted by atomic mass is 10.0. The summed E-state index contributed by atoms with van der Waals surface area (Å²) in [4.78, 5) is 11.9. The zero-order valence-corrected chi connectivity index (χ0v) is 24.5. The third kappa shape index (κ3) is 31.4. The molecule has 0 fully saturated rings. The second-order valence-electron chi connectivity index (χ2n) is 11.2. The van der Waals surface area contributed by atoms with Gasteiger partial charge in [-0.05, 0) is 12.8 Å². The molecule has 0 bridgehead atoms. The van der Waals surface area contributed by atoms with Gasteiger partial charge in [-0.15, -0.1) is 0 Å². The van der Waals surface area contributed by atoms with Crippen LogP contribution in [0.25, 0.3) is 0 Å². The molecule has 2 nitrogen and oxygen atoms in total. The first-order chi connectivity index (χ1) is 17.3. The van der Waals surface area contributed by atoms with Crippen LogP contribution < -0.4 is 0 Å². The topological polar surface area (TPSA) is 26.3 Å². The van der Waals surface area contributed by atoms with E-state index in [1.807, 2.05) is 0 Å². The molecule has 0 rings (SSSR count). The van der Waals surface area contributed by atoms with Gasteiger partial charge in [-0.1, -0.05) is 181 Å². The summed E-state index contributed by atoms with van der Waals surface area (Å²) in [7, 11) is 0. The van der Waals surface area contributed by atoms with Crippen LogP contribution in [0.1, 0.15) is 200 Å². The molecule has 0 aliphatic rings. The Labute approximate surface area is 222 Å². The monoisotopic (exact) mass is 495 g/mol. The minimum atomic E-state index is 0.0263. The molecule has 2 heteroatoms. The Hall–Kier alpha value is -0.530. The van der Waals surface area contributed by atoms with Crippen LogP contribution in [0.2, 0.25) is 0 Å². The van der Waals surface area contributed by atoms with Crippen LogP contribution in [0.4, 0.5) is 0 Å². The van der Waals surface area contributed by atoms with Gasteiger partial charge in [0.15, 0.2) is 0 Å². The number of carbonyl (C=O) groups excluding carboxylic acids is 1. The molecule has 210 valence electrons.